The van der Waals surface area contributed by atoms with Gasteiger partial charge in [-0.15, -0.1) is 0 Å². The van der Waals surface area contributed by atoms with Gasteiger partial charge in [0, 0.05) is 25.7 Å². The second-order valence-corrected chi connectivity index (χ2v) is 31.6. The van der Waals surface area contributed by atoms with Crippen LogP contribution < -0.4 is 0 Å². The SMILES string of the molecule is CCCCCCCCCCCCCCCCCCCCCC(=O)O[C@H](COC(=O)CCCCCCCCCCCCC(C)CC)COP(=O)(O)OC[C@@H](O)COP(=O)(O)OC[C@@H](COC(=O)CCCCCCCCCCC(C)C)OC(=O)CCCCCCCCCCC(C)CC. The van der Waals surface area contributed by atoms with E-state index in [1.54, 1.807) is 0 Å². The lowest BCUT2D eigenvalue weighted by Gasteiger charge is -2.21. The van der Waals surface area contributed by atoms with Crippen LogP contribution in [0.15, 0.2) is 0 Å². The van der Waals surface area contributed by atoms with Gasteiger partial charge in [-0.05, 0) is 43.4 Å². The molecule has 0 amide bonds. The van der Waals surface area contributed by atoms with E-state index in [1.165, 1.54) is 205 Å². The number of aliphatic hydroxyl groups is 1. The van der Waals surface area contributed by atoms with Crippen LogP contribution in [-0.2, 0) is 65.4 Å². The van der Waals surface area contributed by atoms with Gasteiger partial charge in [0.15, 0.2) is 12.2 Å². The van der Waals surface area contributed by atoms with Crippen LogP contribution in [0.1, 0.15) is 395 Å². The second kappa shape index (κ2) is 67.5. The molecule has 0 aromatic carbocycles. The summed E-state index contributed by atoms with van der Waals surface area (Å²) in [7, 11) is -9.91. The second-order valence-electron chi connectivity index (χ2n) is 28.7. The lowest BCUT2D eigenvalue weighted by molar-refractivity contribution is -0.161. The van der Waals surface area contributed by atoms with Gasteiger partial charge in [-0.2, -0.15) is 0 Å². The lowest BCUT2D eigenvalue weighted by Crippen LogP contribution is -2.30. The minimum Gasteiger partial charge on any atom is -0.462 e. The van der Waals surface area contributed by atoms with Crippen LogP contribution in [0, 0.1) is 17.8 Å². The Balaban J connectivity index is 5.25. The molecule has 570 valence electrons. The third-order valence-electron chi connectivity index (χ3n) is 18.6. The van der Waals surface area contributed by atoms with Crippen LogP contribution in [0.5, 0.6) is 0 Å². The highest BCUT2D eigenvalue weighted by molar-refractivity contribution is 7.47. The smallest absolute Gasteiger partial charge is 0.462 e. The summed E-state index contributed by atoms with van der Waals surface area (Å²) >= 11 is 0. The zero-order valence-electron chi connectivity index (χ0n) is 62.8. The Hall–Kier alpha value is -1.94. The maximum absolute atomic E-state index is 13.1. The first-order valence-electron chi connectivity index (χ1n) is 39.9. The molecular formula is C77H150O17P2. The van der Waals surface area contributed by atoms with E-state index in [4.69, 9.17) is 37.0 Å². The molecule has 0 heterocycles. The van der Waals surface area contributed by atoms with E-state index in [2.05, 4.69) is 48.5 Å². The number of aliphatic hydroxyl groups excluding tert-OH is 1. The third kappa shape index (κ3) is 67.9. The molecule has 0 spiro atoms. The summed E-state index contributed by atoms with van der Waals surface area (Å²) in [6.07, 6.45) is 54.1. The van der Waals surface area contributed by atoms with Crippen LogP contribution in [-0.4, -0.2) is 96.7 Å². The van der Waals surface area contributed by atoms with Gasteiger partial charge in [0.1, 0.15) is 19.3 Å². The van der Waals surface area contributed by atoms with Crippen molar-refractivity contribution in [2.24, 2.45) is 17.8 Å². The number of rotatable bonds is 75. The predicted molar refractivity (Wildman–Crippen MR) is 391 cm³/mol. The topological polar surface area (TPSA) is 237 Å². The summed E-state index contributed by atoms with van der Waals surface area (Å²) in [5.41, 5.74) is 0. The number of esters is 4. The third-order valence-corrected chi connectivity index (χ3v) is 20.5. The Morgan fingerprint density at radius 2 is 0.531 bits per heavy atom. The maximum atomic E-state index is 13.1. The van der Waals surface area contributed by atoms with Crippen LogP contribution >= 0.6 is 15.6 Å². The Kier molecular flexibility index (Phi) is 66.2. The molecule has 0 aromatic rings. The fraction of sp³-hybridized carbons (Fsp3) is 0.948. The molecule has 0 radical (unpaired) electrons. The minimum atomic E-state index is -4.96. The van der Waals surface area contributed by atoms with Crippen molar-refractivity contribution in [2.45, 2.75) is 414 Å². The molecule has 96 heavy (non-hydrogen) atoms. The highest BCUT2D eigenvalue weighted by Crippen LogP contribution is 2.45. The van der Waals surface area contributed by atoms with Gasteiger partial charge in [0.25, 0.3) is 0 Å². The zero-order valence-corrected chi connectivity index (χ0v) is 64.6. The van der Waals surface area contributed by atoms with Gasteiger partial charge in [-0.1, -0.05) is 344 Å². The van der Waals surface area contributed by atoms with Crippen molar-refractivity contribution in [1.82, 2.24) is 0 Å². The first-order chi connectivity index (χ1) is 46.3. The Morgan fingerprint density at radius 1 is 0.302 bits per heavy atom. The van der Waals surface area contributed by atoms with Crippen molar-refractivity contribution in [3.05, 3.63) is 0 Å². The number of ether oxygens (including phenoxy) is 4. The number of hydrogen-bond donors (Lipinski definition) is 3. The molecular weight excluding hydrogens is 1260 g/mol. The first kappa shape index (κ1) is 94.1. The molecule has 0 aliphatic rings. The van der Waals surface area contributed by atoms with E-state index in [9.17, 15) is 43.2 Å². The fourth-order valence-corrected chi connectivity index (χ4v) is 13.3. The van der Waals surface area contributed by atoms with Crippen molar-refractivity contribution in [2.75, 3.05) is 39.6 Å². The van der Waals surface area contributed by atoms with Gasteiger partial charge < -0.3 is 33.8 Å². The number of phosphoric ester groups is 2. The van der Waals surface area contributed by atoms with E-state index in [1.807, 2.05) is 0 Å². The zero-order chi connectivity index (χ0) is 70.9. The number of hydrogen-bond acceptors (Lipinski definition) is 15. The quantitative estimate of drug-likeness (QED) is 0.0222. The molecule has 0 fully saturated rings. The molecule has 0 bridgehead atoms. The summed E-state index contributed by atoms with van der Waals surface area (Å²) < 4.78 is 68.6. The van der Waals surface area contributed by atoms with Gasteiger partial charge in [0.2, 0.25) is 0 Å². The van der Waals surface area contributed by atoms with Crippen molar-refractivity contribution in [3.8, 4) is 0 Å². The van der Waals surface area contributed by atoms with Gasteiger partial charge in [-0.25, -0.2) is 9.13 Å². The van der Waals surface area contributed by atoms with E-state index < -0.39 is 97.5 Å². The first-order valence-corrected chi connectivity index (χ1v) is 42.9. The van der Waals surface area contributed by atoms with Crippen LogP contribution in [0.3, 0.4) is 0 Å². The molecule has 19 heteroatoms. The summed E-state index contributed by atoms with van der Waals surface area (Å²) in [6.45, 7) is 11.9. The van der Waals surface area contributed by atoms with Crippen molar-refractivity contribution in [3.63, 3.8) is 0 Å². The predicted octanol–water partition coefficient (Wildman–Crippen LogP) is 22.6. The number of phosphoric acid groups is 2. The number of carbonyl (C=O) groups excluding carboxylic acids is 4. The molecule has 0 saturated heterocycles. The van der Waals surface area contributed by atoms with Crippen LogP contribution in [0.25, 0.3) is 0 Å². The largest absolute Gasteiger partial charge is 0.472 e. The maximum Gasteiger partial charge on any atom is 0.472 e. The molecule has 4 unspecified atom stereocenters. The highest BCUT2D eigenvalue weighted by atomic mass is 31.2. The van der Waals surface area contributed by atoms with Crippen molar-refractivity contribution in [1.29, 1.82) is 0 Å². The standard InChI is InChI=1S/C77H150O17P2/c1-8-11-12-13-14-15-16-17-18-19-20-21-22-23-24-29-39-46-53-60-76(81)93-72(64-87-74(79)58-51-44-37-28-26-25-27-35-42-49-56-69(6)9-2)66-91-95(83,84)89-62-71(78)63-90-96(85,86)92-67-73(65-88-75(80)59-52-45-38-32-30-34-41-48-55-68(4)5)94-77(82)61-54-47-40-33-31-36-43-50-57-70(7)10-3/h68-73,78H,8-67H2,1-7H3,(H,83,84)(H,85,86)/t69?,70?,71-,72-,73-/m1/s1. The Labute approximate surface area is 588 Å². The Morgan fingerprint density at radius 3 is 0.792 bits per heavy atom. The minimum absolute atomic E-state index is 0.104. The van der Waals surface area contributed by atoms with Crippen molar-refractivity contribution < 1.29 is 80.2 Å². The molecule has 7 atom stereocenters. The van der Waals surface area contributed by atoms with E-state index in [-0.39, 0.29) is 25.7 Å². The number of carbonyl (C=O) groups is 4. The van der Waals surface area contributed by atoms with Gasteiger partial charge >= 0.3 is 39.5 Å². The van der Waals surface area contributed by atoms with Crippen LogP contribution in [0.4, 0.5) is 0 Å². The lowest BCUT2D eigenvalue weighted by atomic mass is 9.99. The Bertz CT molecular complexity index is 1870. The average molecular weight is 1410 g/mol. The van der Waals surface area contributed by atoms with Gasteiger partial charge in [0.05, 0.1) is 26.4 Å². The van der Waals surface area contributed by atoms with E-state index >= 15 is 0 Å². The fourth-order valence-electron chi connectivity index (χ4n) is 11.7. The summed E-state index contributed by atoms with van der Waals surface area (Å²) in [4.78, 5) is 72.9. The molecule has 0 aliphatic carbocycles. The molecule has 0 saturated carbocycles. The normalized spacial score (nSPS) is 14.6. The van der Waals surface area contributed by atoms with Crippen LogP contribution in [0.2, 0.25) is 0 Å². The molecule has 0 rings (SSSR count). The molecule has 0 aliphatic heterocycles. The monoisotopic (exact) mass is 1410 g/mol. The highest BCUT2D eigenvalue weighted by Gasteiger charge is 2.30. The summed E-state index contributed by atoms with van der Waals surface area (Å²) in [5.74, 6) is 0.187. The van der Waals surface area contributed by atoms with Gasteiger partial charge in [-0.3, -0.25) is 37.3 Å². The van der Waals surface area contributed by atoms with E-state index in [0.717, 1.165) is 108 Å². The van der Waals surface area contributed by atoms with E-state index in [0.29, 0.717) is 25.7 Å². The number of unbranched alkanes of at least 4 members (excludes halogenated alkanes) is 41. The average Bonchev–Trinajstić information content (AvgIpc) is 2.01. The molecule has 3 N–H and O–H groups in total. The van der Waals surface area contributed by atoms with Crippen molar-refractivity contribution >= 4 is 39.5 Å². The molecule has 0 aromatic heterocycles. The summed E-state index contributed by atoms with van der Waals surface area (Å²) in [5, 5.41) is 10.6. The molecule has 17 nitrogen and oxygen atoms in total. The summed E-state index contributed by atoms with van der Waals surface area (Å²) in [6, 6.07) is 0.